The molecule has 0 aliphatic heterocycles. The average molecular weight is 285 g/mol. The highest BCUT2D eigenvalue weighted by molar-refractivity contribution is 7.89. The Morgan fingerprint density at radius 3 is 2.05 bits per heavy atom. The number of hydrogen-bond acceptors (Lipinski definition) is 4. The maximum absolute atomic E-state index is 11.9. The van der Waals surface area contributed by atoms with E-state index in [0.717, 1.165) is 0 Å². The minimum atomic E-state index is -3.53. The zero-order valence-electron chi connectivity index (χ0n) is 11.5. The van der Waals surface area contributed by atoms with E-state index in [1.54, 1.807) is 27.7 Å². The monoisotopic (exact) mass is 285 g/mol. The van der Waals surface area contributed by atoms with Crippen LogP contribution in [0, 0.1) is 0 Å². The summed E-state index contributed by atoms with van der Waals surface area (Å²) in [4.78, 5) is 11.7. The summed E-state index contributed by atoms with van der Waals surface area (Å²) in [6.07, 6.45) is -0.210. The molecule has 0 saturated heterocycles. The van der Waals surface area contributed by atoms with Crippen molar-refractivity contribution in [2.24, 2.45) is 0 Å². The van der Waals surface area contributed by atoms with Gasteiger partial charge in [0.05, 0.1) is 16.6 Å². The van der Waals surface area contributed by atoms with Gasteiger partial charge in [0.2, 0.25) is 10.0 Å². The Labute approximate surface area is 114 Å². The van der Waals surface area contributed by atoms with Crippen molar-refractivity contribution >= 4 is 16.0 Å². The van der Waals surface area contributed by atoms with E-state index < -0.39 is 16.0 Å². The Hall–Kier alpha value is -1.40. The van der Waals surface area contributed by atoms with Crippen molar-refractivity contribution in [3.63, 3.8) is 0 Å². The topological polar surface area (TPSA) is 72.5 Å². The first-order valence-electron chi connectivity index (χ1n) is 6.05. The lowest BCUT2D eigenvalue weighted by atomic mass is 10.2. The quantitative estimate of drug-likeness (QED) is 0.839. The maximum atomic E-state index is 11.9. The summed E-state index contributed by atoms with van der Waals surface area (Å²) < 4.78 is 31.2. The molecule has 0 amide bonds. The molecule has 0 radical (unpaired) electrons. The first kappa shape index (κ1) is 15.7. The summed E-state index contributed by atoms with van der Waals surface area (Å²) in [6.45, 7) is 6.99. The molecule has 0 saturated carbocycles. The predicted molar refractivity (Wildman–Crippen MR) is 72.5 cm³/mol. The number of carbonyl (C=O) groups is 1. The second kappa shape index (κ2) is 6.16. The molecular formula is C13H19NO4S. The minimum absolute atomic E-state index is 0.127. The van der Waals surface area contributed by atoms with Crippen LogP contribution in [0.4, 0.5) is 0 Å². The van der Waals surface area contributed by atoms with Crippen LogP contribution < -0.4 is 4.72 Å². The molecule has 19 heavy (non-hydrogen) atoms. The molecule has 1 N–H and O–H groups in total. The average Bonchev–Trinajstić information content (AvgIpc) is 2.26. The molecule has 0 aliphatic rings. The molecule has 1 aromatic rings. The number of rotatable bonds is 5. The molecule has 0 fully saturated rings. The number of carbonyl (C=O) groups excluding carboxylic acids is 1. The van der Waals surface area contributed by atoms with Gasteiger partial charge in [-0.2, -0.15) is 0 Å². The third-order valence-corrected chi connectivity index (χ3v) is 3.81. The van der Waals surface area contributed by atoms with Crippen LogP contribution in [0.5, 0.6) is 0 Å². The van der Waals surface area contributed by atoms with Crippen LogP contribution in [-0.2, 0) is 14.8 Å². The third-order valence-electron chi connectivity index (χ3n) is 2.13. The van der Waals surface area contributed by atoms with E-state index in [-0.39, 0.29) is 17.0 Å². The molecule has 0 aliphatic carbocycles. The zero-order chi connectivity index (χ0) is 14.6. The normalized spacial score (nSPS) is 11.9. The summed E-state index contributed by atoms with van der Waals surface area (Å²) >= 11 is 0. The van der Waals surface area contributed by atoms with Gasteiger partial charge in [-0.1, -0.05) is 0 Å². The summed E-state index contributed by atoms with van der Waals surface area (Å²) in [7, 11) is -3.53. The molecule has 0 bridgehead atoms. The van der Waals surface area contributed by atoms with Crippen LogP contribution in [0.2, 0.25) is 0 Å². The van der Waals surface area contributed by atoms with Crippen LogP contribution in [0.3, 0.4) is 0 Å². The number of sulfonamides is 1. The summed E-state index contributed by atoms with van der Waals surface area (Å²) in [5.74, 6) is -0.462. The molecule has 1 rings (SSSR count). The van der Waals surface area contributed by atoms with Gasteiger partial charge in [-0.25, -0.2) is 17.9 Å². The van der Waals surface area contributed by atoms with Crippen molar-refractivity contribution in [2.45, 2.75) is 44.7 Å². The predicted octanol–water partition coefficient (Wildman–Crippen LogP) is 1.94. The van der Waals surface area contributed by atoms with Crippen LogP contribution in [0.15, 0.2) is 29.2 Å². The Kier molecular flexibility index (Phi) is 5.08. The van der Waals surface area contributed by atoms with Crippen LogP contribution in [0.1, 0.15) is 38.1 Å². The largest absolute Gasteiger partial charge is 0.459 e. The third kappa shape index (κ3) is 4.65. The van der Waals surface area contributed by atoms with Gasteiger partial charge in [-0.3, -0.25) is 0 Å². The molecule has 6 heteroatoms. The van der Waals surface area contributed by atoms with Gasteiger partial charge >= 0.3 is 5.97 Å². The molecule has 0 aromatic heterocycles. The van der Waals surface area contributed by atoms with E-state index >= 15 is 0 Å². The summed E-state index contributed by atoms with van der Waals surface area (Å²) in [5.41, 5.74) is 0.331. The molecule has 0 heterocycles. The molecule has 5 nitrogen and oxygen atoms in total. The van der Waals surface area contributed by atoms with Crippen molar-refractivity contribution in [3.8, 4) is 0 Å². The van der Waals surface area contributed by atoms with Crippen molar-refractivity contribution in [3.05, 3.63) is 29.8 Å². The van der Waals surface area contributed by atoms with E-state index in [9.17, 15) is 13.2 Å². The summed E-state index contributed by atoms with van der Waals surface area (Å²) in [6, 6.07) is 5.48. The minimum Gasteiger partial charge on any atom is -0.459 e. The Morgan fingerprint density at radius 2 is 1.63 bits per heavy atom. The van der Waals surface area contributed by atoms with Crippen LogP contribution in [-0.4, -0.2) is 26.5 Å². The van der Waals surface area contributed by atoms with Gasteiger partial charge in [0.1, 0.15) is 0 Å². The van der Waals surface area contributed by atoms with Crippen molar-refractivity contribution in [1.82, 2.24) is 4.72 Å². The van der Waals surface area contributed by atoms with Crippen LogP contribution >= 0.6 is 0 Å². The summed E-state index contributed by atoms with van der Waals surface area (Å²) in [5, 5.41) is 0. The van der Waals surface area contributed by atoms with Gasteiger partial charge < -0.3 is 4.74 Å². The Balaban J connectivity index is 2.91. The highest BCUT2D eigenvalue weighted by Crippen LogP contribution is 2.12. The first-order valence-corrected chi connectivity index (χ1v) is 7.54. The van der Waals surface area contributed by atoms with E-state index in [2.05, 4.69) is 4.72 Å². The Bertz CT molecular complexity index is 532. The van der Waals surface area contributed by atoms with Gasteiger partial charge in [0, 0.05) is 6.04 Å². The van der Waals surface area contributed by atoms with Crippen LogP contribution in [0.25, 0.3) is 0 Å². The van der Waals surface area contributed by atoms with E-state index in [0.29, 0.717) is 5.56 Å². The number of hydrogen-bond donors (Lipinski definition) is 1. The van der Waals surface area contributed by atoms with E-state index in [1.165, 1.54) is 24.3 Å². The number of nitrogens with one attached hydrogen (secondary N) is 1. The first-order chi connectivity index (χ1) is 8.72. The van der Waals surface area contributed by atoms with Crippen molar-refractivity contribution < 1.29 is 17.9 Å². The molecule has 106 valence electrons. The smallest absolute Gasteiger partial charge is 0.338 e. The maximum Gasteiger partial charge on any atom is 0.338 e. The lowest BCUT2D eigenvalue weighted by Gasteiger charge is -2.10. The lowest BCUT2D eigenvalue weighted by molar-refractivity contribution is 0.0378. The lowest BCUT2D eigenvalue weighted by Crippen LogP contribution is -2.30. The Morgan fingerprint density at radius 1 is 1.11 bits per heavy atom. The standard InChI is InChI=1S/C13H19NO4S/c1-9(2)14-19(16,17)12-7-5-11(6-8-12)13(15)18-10(3)4/h5-10,14H,1-4H3. The molecule has 0 spiro atoms. The second-order valence-electron chi connectivity index (χ2n) is 4.75. The second-order valence-corrected chi connectivity index (χ2v) is 6.47. The molecule has 1 aromatic carbocycles. The highest BCUT2D eigenvalue weighted by Gasteiger charge is 2.16. The van der Waals surface area contributed by atoms with Gasteiger partial charge in [-0.05, 0) is 52.0 Å². The molecular weight excluding hydrogens is 266 g/mol. The van der Waals surface area contributed by atoms with Crippen molar-refractivity contribution in [2.75, 3.05) is 0 Å². The zero-order valence-corrected chi connectivity index (χ0v) is 12.3. The van der Waals surface area contributed by atoms with E-state index in [4.69, 9.17) is 4.74 Å². The number of esters is 1. The number of benzene rings is 1. The van der Waals surface area contributed by atoms with Gasteiger partial charge in [-0.15, -0.1) is 0 Å². The molecule has 0 atom stereocenters. The number of ether oxygens (including phenoxy) is 1. The van der Waals surface area contributed by atoms with Gasteiger partial charge in [0.15, 0.2) is 0 Å². The van der Waals surface area contributed by atoms with Crippen molar-refractivity contribution in [1.29, 1.82) is 0 Å². The SMILES string of the molecule is CC(C)NS(=O)(=O)c1ccc(C(=O)OC(C)C)cc1. The fourth-order valence-electron chi connectivity index (χ4n) is 1.43. The fourth-order valence-corrected chi connectivity index (χ4v) is 2.68. The van der Waals surface area contributed by atoms with Gasteiger partial charge in [0.25, 0.3) is 0 Å². The molecule has 0 unspecified atom stereocenters. The fraction of sp³-hybridized carbons (Fsp3) is 0.462. The van der Waals surface area contributed by atoms with E-state index in [1.807, 2.05) is 0 Å². The highest BCUT2D eigenvalue weighted by atomic mass is 32.2.